The van der Waals surface area contributed by atoms with Gasteiger partial charge in [-0.05, 0) is 40.8 Å². The van der Waals surface area contributed by atoms with E-state index in [1.807, 2.05) is 22.6 Å². The molecule has 4 heteroatoms. The third-order valence-corrected chi connectivity index (χ3v) is 2.35. The summed E-state index contributed by atoms with van der Waals surface area (Å²) in [6.45, 7) is -0.0839. The summed E-state index contributed by atoms with van der Waals surface area (Å²) in [5.74, 6) is -0.647. The highest BCUT2D eigenvalue weighted by atomic mass is 127. The van der Waals surface area contributed by atoms with Gasteiger partial charge < -0.3 is 5.73 Å². The smallest absolute Gasteiger partial charge is 0.177 e. The van der Waals surface area contributed by atoms with E-state index < -0.39 is 5.82 Å². The summed E-state index contributed by atoms with van der Waals surface area (Å²) < 4.78 is 13.4. The molecule has 0 radical (unpaired) electrons. The Morgan fingerprint density at radius 3 is 2.83 bits per heavy atom. The highest BCUT2D eigenvalue weighted by Gasteiger charge is 2.08. The molecule has 0 saturated carbocycles. The number of nitrogens with two attached hydrogens (primary N) is 1. The van der Waals surface area contributed by atoms with Crippen molar-refractivity contribution in [1.29, 1.82) is 0 Å². The lowest BCUT2D eigenvalue weighted by Gasteiger charge is -2.00. The van der Waals surface area contributed by atoms with Crippen molar-refractivity contribution in [3.05, 3.63) is 33.1 Å². The molecule has 0 bridgehead atoms. The molecule has 0 heterocycles. The van der Waals surface area contributed by atoms with Crippen LogP contribution in [-0.2, 0) is 0 Å². The number of hydrogen-bond acceptors (Lipinski definition) is 2. The summed E-state index contributed by atoms with van der Waals surface area (Å²) in [6.07, 6.45) is 0. The van der Waals surface area contributed by atoms with Gasteiger partial charge in [0.1, 0.15) is 5.82 Å². The van der Waals surface area contributed by atoms with E-state index in [1.54, 1.807) is 6.07 Å². The van der Waals surface area contributed by atoms with Gasteiger partial charge in [0.25, 0.3) is 0 Å². The molecule has 2 nitrogen and oxygen atoms in total. The van der Waals surface area contributed by atoms with E-state index in [9.17, 15) is 9.18 Å². The molecule has 0 aromatic heterocycles. The zero-order valence-corrected chi connectivity index (χ0v) is 8.34. The normalized spacial score (nSPS) is 9.92. The van der Waals surface area contributed by atoms with Crippen molar-refractivity contribution in [3.63, 3.8) is 0 Å². The average molecular weight is 279 g/mol. The molecule has 0 spiro atoms. The maximum absolute atomic E-state index is 12.6. The number of halogens is 2. The van der Waals surface area contributed by atoms with Gasteiger partial charge in [0.05, 0.1) is 6.54 Å². The fourth-order valence-electron chi connectivity index (χ4n) is 0.821. The topological polar surface area (TPSA) is 43.1 Å². The summed E-state index contributed by atoms with van der Waals surface area (Å²) >= 11 is 1.97. The Bertz CT molecular complexity index is 314. The first-order valence-electron chi connectivity index (χ1n) is 3.33. The number of ketones is 1. The fraction of sp³-hybridized carbons (Fsp3) is 0.125. The third-order valence-electron chi connectivity index (χ3n) is 1.41. The van der Waals surface area contributed by atoms with Crippen LogP contribution < -0.4 is 5.73 Å². The van der Waals surface area contributed by atoms with Gasteiger partial charge in [0, 0.05) is 9.13 Å². The molecular formula is C8H7FINO. The molecular weight excluding hydrogens is 272 g/mol. The van der Waals surface area contributed by atoms with E-state index in [2.05, 4.69) is 0 Å². The summed E-state index contributed by atoms with van der Waals surface area (Å²) in [4.78, 5) is 11.1. The van der Waals surface area contributed by atoms with E-state index in [4.69, 9.17) is 5.73 Å². The van der Waals surface area contributed by atoms with Gasteiger partial charge in [-0.3, -0.25) is 4.79 Å². The van der Waals surface area contributed by atoms with Crippen LogP contribution in [0.4, 0.5) is 4.39 Å². The largest absolute Gasteiger partial charge is 0.324 e. The number of rotatable bonds is 2. The average Bonchev–Trinajstić information content (AvgIpc) is 2.08. The Hall–Kier alpha value is -0.490. The minimum atomic E-state index is -0.410. The van der Waals surface area contributed by atoms with E-state index in [1.165, 1.54) is 12.1 Å². The third kappa shape index (κ3) is 2.01. The first-order valence-corrected chi connectivity index (χ1v) is 4.41. The Labute approximate surface area is 83.1 Å². The van der Waals surface area contributed by atoms with Crippen LogP contribution in [-0.4, -0.2) is 12.3 Å². The highest BCUT2D eigenvalue weighted by molar-refractivity contribution is 14.1. The second-order valence-electron chi connectivity index (χ2n) is 2.25. The maximum Gasteiger partial charge on any atom is 0.177 e. The molecule has 0 aliphatic rings. The summed E-state index contributed by atoms with van der Waals surface area (Å²) in [7, 11) is 0. The van der Waals surface area contributed by atoms with Gasteiger partial charge in [-0.25, -0.2) is 4.39 Å². The van der Waals surface area contributed by atoms with E-state index in [0.717, 1.165) is 3.57 Å². The van der Waals surface area contributed by atoms with Crippen LogP contribution in [0.5, 0.6) is 0 Å². The lowest BCUT2D eigenvalue weighted by Crippen LogP contribution is -2.14. The molecule has 1 aromatic carbocycles. The first-order chi connectivity index (χ1) is 5.65. The number of hydrogen-bond donors (Lipinski definition) is 1. The number of Topliss-reactive ketones (excluding diaryl/α,β-unsaturated/α-hetero) is 1. The number of benzene rings is 1. The van der Waals surface area contributed by atoms with Crippen molar-refractivity contribution >= 4 is 28.4 Å². The molecule has 0 saturated heterocycles. The molecule has 0 aliphatic carbocycles. The first kappa shape index (κ1) is 9.60. The Balaban J connectivity index is 3.13. The Kier molecular flexibility index (Phi) is 3.16. The molecule has 2 N–H and O–H groups in total. The van der Waals surface area contributed by atoms with Gasteiger partial charge >= 0.3 is 0 Å². The van der Waals surface area contributed by atoms with Crippen LogP contribution in [0.1, 0.15) is 10.4 Å². The Morgan fingerprint density at radius 1 is 1.58 bits per heavy atom. The molecule has 1 rings (SSSR count). The summed E-state index contributed by atoms with van der Waals surface area (Å²) in [5.41, 5.74) is 5.51. The zero-order valence-electron chi connectivity index (χ0n) is 6.18. The monoisotopic (exact) mass is 279 g/mol. The van der Waals surface area contributed by atoms with Crippen LogP contribution in [0.2, 0.25) is 0 Å². The quantitative estimate of drug-likeness (QED) is 0.659. The van der Waals surface area contributed by atoms with Crippen molar-refractivity contribution < 1.29 is 9.18 Å². The molecule has 1 aromatic rings. The van der Waals surface area contributed by atoms with Gasteiger partial charge in [0.2, 0.25) is 0 Å². The maximum atomic E-state index is 12.6. The molecule has 0 amide bonds. The standard InChI is InChI=1S/C8H7FINO/c9-5-1-2-7(10)6(3-5)8(12)4-11/h1-3H,4,11H2. The fourth-order valence-corrected chi connectivity index (χ4v) is 1.46. The molecule has 0 aliphatic heterocycles. The van der Waals surface area contributed by atoms with Crippen molar-refractivity contribution in [2.45, 2.75) is 0 Å². The van der Waals surface area contributed by atoms with Crippen molar-refractivity contribution in [3.8, 4) is 0 Å². The molecule has 0 unspecified atom stereocenters. The van der Waals surface area contributed by atoms with E-state index >= 15 is 0 Å². The second-order valence-corrected chi connectivity index (χ2v) is 3.41. The minimum absolute atomic E-state index is 0.0839. The van der Waals surface area contributed by atoms with Crippen LogP contribution in [0.25, 0.3) is 0 Å². The predicted molar refractivity (Wildman–Crippen MR) is 52.5 cm³/mol. The highest BCUT2D eigenvalue weighted by Crippen LogP contribution is 2.13. The zero-order chi connectivity index (χ0) is 9.14. The lowest BCUT2D eigenvalue weighted by molar-refractivity contribution is 0.1000. The summed E-state index contributed by atoms with van der Waals surface area (Å²) in [5, 5.41) is 0. The molecule has 0 atom stereocenters. The minimum Gasteiger partial charge on any atom is -0.324 e. The predicted octanol–water partition coefficient (Wildman–Crippen LogP) is 1.57. The number of carbonyl (C=O) groups excluding carboxylic acids is 1. The molecule has 64 valence electrons. The van der Waals surface area contributed by atoms with Gasteiger partial charge in [-0.15, -0.1) is 0 Å². The Morgan fingerprint density at radius 2 is 2.25 bits per heavy atom. The van der Waals surface area contributed by atoms with E-state index in [-0.39, 0.29) is 12.3 Å². The SMILES string of the molecule is NCC(=O)c1cc(F)ccc1I. The lowest BCUT2D eigenvalue weighted by atomic mass is 10.1. The van der Waals surface area contributed by atoms with Crippen LogP contribution in [0.15, 0.2) is 18.2 Å². The van der Waals surface area contributed by atoms with Crippen LogP contribution in [0, 0.1) is 9.39 Å². The van der Waals surface area contributed by atoms with Crippen molar-refractivity contribution in [2.75, 3.05) is 6.54 Å². The van der Waals surface area contributed by atoms with Crippen LogP contribution >= 0.6 is 22.6 Å². The second kappa shape index (κ2) is 3.95. The van der Waals surface area contributed by atoms with Gasteiger partial charge in [-0.2, -0.15) is 0 Å². The van der Waals surface area contributed by atoms with Crippen molar-refractivity contribution in [2.24, 2.45) is 5.73 Å². The number of carbonyl (C=O) groups is 1. The molecule has 12 heavy (non-hydrogen) atoms. The van der Waals surface area contributed by atoms with E-state index in [0.29, 0.717) is 5.56 Å². The van der Waals surface area contributed by atoms with Gasteiger partial charge in [0.15, 0.2) is 5.78 Å². The van der Waals surface area contributed by atoms with Gasteiger partial charge in [-0.1, -0.05) is 0 Å². The molecule has 0 fully saturated rings. The summed E-state index contributed by atoms with van der Waals surface area (Å²) in [6, 6.07) is 4.07. The van der Waals surface area contributed by atoms with Crippen molar-refractivity contribution in [1.82, 2.24) is 0 Å². The van der Waals surface area contributed by atoms with Crippen LogP contribution in [0.3, 0.4) is 0 Å².